The van der Waals surface area contributed by atoms with Gasteiger partial charge in [-0.2, -0.15) is 0 Å². The Bertz CT molecular complexity index is 969. The number of amides is 1. The Labute approximate surface area is 163 Å². The van der Waals surface area contributed by atoms with E-state index in [4.69, 9.17) is 0 Å². The van der Waals surface area contributed by atoms with E-state index in [0.29, 0.717) is 18.7 Å². The number of nitrogens with zero attached hydrogens (tertiary/aromatic N) is 4. The van der Waals surface area contributed by atoms with Crippen LogP contribution in [0.4, 0.5) is 0 Å². The van der Waals surface area contributed by atoms with E-state index in [9.17, 15) is 14.4 Å². The molecule has 0 radical (unpaired) electrons. The number of hydrogen-bond acceptors (Lipinski definition) is 4. The van der Waals surface area contributed by atoms with Crippen molar-refractivity contribution >= 4 is 5.91 Å². The molecule has 0 unspecified atom stereocenters. The molecular formula is C20H27N5O3. The van der Waals surface area contributed by atoms with Crippen molar-refractivity contribution < 1.29 is 4.79 Å². The Balaban J connectivity index is 1.45. The van der Waals surface area contributed by atoms with Crippen molar-refractivity contribution in [3.63, 3.8) is 0 Å². The fourth-order valence-electron chi connectivity index (χ4n) is 4.22. The molecule has 1 atom stereocenters. The van der Waals surface area contributed by atoms with Crippen LogP contribution in [0.5, 0.6) is 0 Å². The molecule has 4 rings (SSSR count). The lowest BCUT2D eigenvalue weighted by atomic mass is 9.85. The van der Waals surface area contributed by atoms with Crippen molar-refractivity contribution in [2.24, 2.45) is 13.0 Å². The van der Waals surface area contributed by atoms with Crippen LogP contribution in [-0.2, 0) is 24.8 Å². The Morgan fingerprint density at radius 2 is 2.07 bits per heavy atom. The zero-order valence-corrected chi connectivity index (χ0v) is 16.3. The molecule has 2 aromatic rings. The fourth-order valence-corrected chi connectivity index (χ4v) is 4.22. The Hall–Kier alpha value is -2.64. The molecule has 2 aliphatic rings. The van der Waals surface area contributed by atoms with Gasteiger partial charge in [0.25, 0.3) is 5.56 Å². The Morgan fingerprint density at radius 1 is 1.25 bits per heavy atom. The van der Waals surface area contributed by atoms with Crippen molar-refractivity contribution in [1.82, 2.24) is 24.0 Å². The zero-order chi connectivity index (χ0) is 19.7. The highest BCUT2D eigenvalue weighted by Crippen LogP contribution is 2.31. The average molecular weight is 385 g/mol. The number of aromatic amines is 1. The summed E-state index contributed by atoms with van der Waals surface area (Å²) < 4.78 is 3.26. The van der Waals surface area contributed by atoms with Crippen LogP contribution in [0.2, 0.25) is 0 Å². The second kappa shape index (κ2) is 7.77. The standard InChI is InChI=1S/C20H27N5O3/c1-23-19(27)16(11-22-20(23)28)10-17(26)24-8-3-6-15(13-24)18-21-7-9-25(18)12-14-4-2-5-14/h7,9,11,14-15H,2-6,8,10,12-13H2,1H3,(H,22,28)/t15-/m1/s1. The molecule has 8 heteroatoms. The normalized spacial score (nSPS) is 20.2. The molecular weight excluding hydrogens is 358 g/mol. The van der Waals surface area contributed by atoms with Crippen molar-refractivity contribution in [3.05, 3.63) is 50.8 Å². The van der Waals surface area contributed by atoms with Crippen LogP contribution in [-0.4, -0.2) is 43.0 Å². The van der Waals surface area contributed by atoms with Gasteiger partial charge in [-0.3, -0.25) is 14.2 Å². The average Bonchev–Trinajstić information content (AvgIpc) is 3.13. The quantitative estimate of drug-likeness (QED) is 0.832. The van der Waals surface area contributed by atoms with E-state index in [1.807, 2.05) is 11.1 Å². The van der Waals surface area contributed by atoms with Gasteiger partial charge in [0.2, 0.25) is 5.91 Å². The smallest absolute Gasteiger partial charge is 0.328 e. The second-order valence-corrected chi connectivity index (χ2v) is 8.07. The van der Waals surface area contributed by atoms with Crippen LogP contribution < -0.4 is 11.2 Å². The van der Waals surface area contributed by atoms with Crippen LogP contribution in [0.3, 0.4) is 0 Å². The molecule has 0 spiro atoms. The summed E-state index contributed by atoms with van der Waals surface area (Å²) in [6.07, 6.45) is 11.1. The third kappa shape index (κ3) is 3.68. The first-order valence-electron chi connectivity index (χ1n) is 10.1. The van der Waals surface area contributed by atoms with Crippen LogP contribution in [0.1, 0.15) is 49.4 Å². The molecule has 1 amide bonds. The van der Waals surface area contributed by atoms with Crippen molar-refractivity contribution in [3.8, 4) is 0 Å². The summed E-state index contributed by atoms with van der Waals surface area (Å²) in [7, 11) is 1.41. The van der Waals surface area contributed by atoms with E-state index in [0.717, 1.165) is 35.7 Å². The maximum atomic E-state index is 12.8. The molecule has 8 nitrogen and oxygen atoms in total. The van der Waals surface area contributed by atoms with Crippen LogP contribution >= 0.6 is 0 Å². The number of likely N-dealkylation sites (tertiary alicyclic amines) is 1. The lowest BCUT2D eigenvalue weighted by Crippen LogP contribution is -2.42. The van der Waals surface area contributed by atoms with Gasteiger partial charge in [0, 0.05) is 56.8 Å². The lowest BCUT2D eigenvalue weighted by molar-refractivity contribution is -0.131. The number of imidazole rings is 1. The Kier molecular flexibility index (Phi) is 5.19. The van der Waals surface area contributed by atoms with E-state index in [1.54, 1.807) is 0 Å². The molecule has 3 heterocycles. The van der Waals surface area contributed by atoms with E-state index < -0.39 is 11.2 Å². The first kappa shape index (κ1) is 18.7. The summed E-state index contributed by atoms with van der Waals surface area (Å²) in [4.78, 5) is 45.4. The summed E-state index contributed by atoms with van der Waals surface area (Å²) in [5.74, 6) is 1.98. The minimum absolute atomic E-state index is 0.00663. The summed E-state index contributed by atoms with van der Waals surface area (Å²) >= 11 is 0. The molecule has 1 aliphatic heterocycles. The molecule has 1 saturated carbocycles. The predicted octanol–water partition coefficient (Wildman–Crippen LogP) is 1.02. The largest absolute Gasteiger partial charge is 0.342 e. The number of piperidine rings is 1. The second-order valence-electron chi connectivity index (χ2n) is 8.07. The molecule has 0 aromatic carbocycles. The molecule has 1 N–H and O–H groups in total. The van der Waals surface area contributed by atoms with Gasteiger partial charge in [0.15, 0.2) is 0 Å². The van der Waals surface area contributed by atoms with Crippen molar-refractivity contribution in [2.75, 3.05) is 13.1 Å². The summed E-state index contributed by atoms with van der Waals surface area (Å²) in [6.45, 7) is 2.35. The number of aromatic nitrogens is 4. The van der Waals surface area contributed by atoms with E-state index in [-0.39, 0.29) is 18.2 Å². The molecule has 1 aliphatic carbocycles. The predicted molar refractivity (Wildman–Crippen MR) is 104 cm³/mol. The third-order valence-electron chi connectivity index (χ3n) is 6.16. The van der Waals surface area contributed by atoms with Gasteiger partial charge in [-0.1, -0.05) is 6.42 Å². The van der Waals surface area contributed by atoms with E-state index >= 15 is 0 Å². The minimum Gasteiger partial charge on any atom is -0.342 e. The lowest BCUT2D eigenvalue weighted by Gasteiger charge is -2.33. The highest BCUT2D eigenvalue weighted by atomic mass is 16.2. The van der Waals surface area contributed by atoms with Gasteiger partial charge in [-0.05, 0) is 31.6 Å². The van der Waals surface area contributed by atoms with Gasteiger partial charge >= 0.3 is 5.69 Å². The highest BCUT2D eigenvalue weighted by Gasteiger charge is 2.29. The van der Waals surface area contributed by atoms with Crippen molar-refractivity contribution in [1.29, 1.82) is 0 Å². The topological polar surface area (TPSA) is 93.0 Å². The number of rotatable bonds is 5. The van der Waals surface area contributed by atoms with Gasteiger partial charge in [0.05, 0.1) is 6.42 Å². The van der Waals surface area contributed by atoms with E-state index in [1.165, 1.54) is 32.5 Å². The number of H-pyrrole nitrogens is 1. The molecule has 150 valence electrons. The molecule has 28 heavy (non-hydrogen) atoms. The SMILES string of the molecule is Cn1c(=O)[nH]cc(CC(=O)N2CCC[C@@H](c3nccn3CC3CCC3)C2)c1=O. The van der Waals surface area contributed by atoms with E-state index in [2.05, 4.69) is 20.7 Å². The summed E-state index contributed by atoms with van der Waals surface area (Å²) in [5, 5.41) is 0. The fraction of sp³-hybridized carbons (Fsp3) is 0.600. The summed E-state index contributed by atoms with van der Waals surface area (Å²) in [5.41, 5.74) is -0.569. The number of nitrogens with one attached hydrogen (secondary N) is 1. The molecule has 2 aromatic heterocycles. The summed E-state index contributed by atoms with van der Waals surface area (Å²) in [6, 6.07) is 0. The molecule has 1 saturated heterocycles. The van der Waals surface area contributed by atoms with Crippen molar-refractivity contribution in [2.45, 2.75) is 51.0 Å². The maximum absolute atomic E-state index is 12.8. The maximum Gasteiger partial charge on any atom is 0.328 e. The monoisotopic (exact) mass is 385 g/mol. The van der Waals surface area contributed by atoms with Gasteiger partial charge in [-0.15, -0.1) is 0 Å². The van der Waals surface area contributed by atoms with Crippen LogP contribution in [0.15, 0.2) is 28.2 Å². The molecule has 2 fully saturated rings. The molecule has 0 bridgehead atoms. The van der Waals surface area contributed by atoms with Crippen LogP contribution in [0.25, 0.3) is 0 Å². The van der Waals surface area contributed by atoms with Gasteiger partial charge < -0.3 is 14.5 Å². The third-order valence-corrected chi connectivity index (χ3v) is 6.16. The first-order valence-corrected chi connectivity index (χ1v) is 10.1. The number of hydrogen-bond donors (Lipinski definition) is 1. The van der Waals surface area contributed by atoms with Crippen LogP contribution in [0, 0.1) is 5.92 Å². The first-order chi connectivity index (χ1) is 13.5. The number of carbonyl (C=O) groups is 1. The zero-order valence-electron chi connectivity index (χ0n) is 16.3. The highest BCUT2D eigenvalue weighted by molar-refractivity contribution is 5.78. The van der Waals surface area contributed by atoms with Gasteiger partial charge in [-0.25, -0.2) is 9.78 Å². The van der Waals surface area contributed by atoms with Gasteiger partial charge in [0.1, 0.15) is 5.82 Å². The Morgan fingerprint density at radius 3 is 2.82 bits per heavy atom. The number of carbonyl (C=O) groups excluding carboxylic acids is 1. The minimum atomic E-state index is -0.475.